The zero-order valence-electron chi connectivity index (χ0n) is 12.2. The third kappa shape index (κ3) is 4.35. The number of ether oxygens (including phenoxy) is 1. The standard InChI is InChI=1S/C14H26N2O3/c1-14(2,3)19-13(18)16-7-6-10(9-17)12(8-16)15-11-4-5-11/h10-12,15,17H,4-9H2,1-3H3. The summed E-state index contributed by atoms with van der Waals surface area (Å²) in [7, 11) is 0. The van der Waals surface area contributed by atoms with Gasteiger partial charge in [0.05, 0.1) is 0 Å². The summed E-state index contributed by atoms with van der Waals surface area (Å²) in [6, 6.07) is 0.774. The molecule has 19 heavy (non-hydrogen) atoms. The van der Waals surface area contributed by atoms with E-state index in [0.29, 0.717) is 19.1 Å². The molecule has 2 fully saturated rings. The van der Waals surface area contributed by atoms with Crippen molar-refractivity contribution in [1.29, 1.82) is 0 Å². The van der Waals surface area contributed by atoms with E-state index in [2.05, 4.69) is 5.32 Å². The van der Waals surface area contributed by atoms with Crippen molar-refractivity contribution >= 4 is 6.09 Å². The lowest BCUT2D eigenvalue weighted by Crippen LogP contribution is -2.54. The Morgan fingerprint density at radius 3 is 2.58 bits per heavy atom. The first-order valence-corrected chi connectivity index (χ1v) is 7.24. The summed E-state index contributed by atoms with van der Waals surface area (Å²) in [6.45, 7) is 7.13. The number of carbonyl (C=O) groups is 1. The van der Waals surface area contributed by atoms with Crippen LogP contribution in [0.15, 0.2) is 0 Å². The van der Waals surface area contributed by atoms with Gasteiger partial charge in [-0.2, -0.15) is 0 Å². The number of hydrogen-bond acceptors (Lipinski definition) is 4. The van der Waals surface area contributed by atoms with E-state index in [1.54, 1.807) is 4.90 Å². The molecule has 1 aliphatic carbocycles. The number of amides is 1. The highest BCUT2D eigenvalue weighted by Gasteiger charge is 2.35. The quantitative estimate of drug-likeness (QED) is 0.813. The van der Waals surface area contributed by atoms with E-state index >= 15 is 0 Å². The van der Waals surface area contributed by atoms with Crippen molar-refractivity contribution in [1.82, 2.24) is 10.2 Å². The van der Waals surface area contributed by atoms with E-state index in [0.717, 1.165) is 6.42 Å². The molecule has 5 heteroatoms. The van der Waals surface area contributed by atoms with Gasteiger partial charge in [-0.3, -0.25) is 0 Å². The van der Waals surface area contributed by atoms with Crippen LogP contribution in [0.5, 0.6) is 0 Å². The van der Waals surface area contributed by atoms with E-state index in [4.69, 9.17) is 4.74 Å². The molecule has 0 radical (unpaired) electrons. The highest BCUT2D eigenvalue weighted by atomic mass is 16.6. The topological polar surface area (TPSA) is 61.8 Å². The van der Waals surface area contributed by atoms with Gasteiger partial charge in [-0.05, 0) is 40.0 Å². The summed E-state index contributed by atoms with van der Waals surface area (Å²) in [5.74, 6) is 0.249. The Morgan fingerprint density at radius 2 is 2.05 bits per heavy atom. The fraction of sp³-hybridized carbons (Fsp3) is 0.929. The second-order valence-corrected chi connectivity index (χ2v) is 6.71. The minimum atomic E-state index is -0.454. The van der Waals surface area contributed by atoms with Crippen LogP contribution >= 0.6 is 0 Å². The predicted octanol–water partition coefficient (Wildman–Crippen LogP) is 1.36. The molecule has 1 heterocycles. The number of carbonyl (C=O) groups excluding carboxylic acids is 1. The summed E-state index contributed by atoms with van der Waals surface area (Å²) in [5.41, 5.74) is -0.454. The fourth-order valence-electron chi connectivity index (χ4n) is 2.45. The van der Waals surface area contributed by atoms with Gasteiger partial charge in [0, 0.05) is 37.7 Å². The molecule has 5 nitrogen and oxygen atoms in total. The third-order valence-corrected chi connectivity index (χ3v) is 3.67. The van der Waals surface area contributed by atoms with Crippen molar-refractivity contribution in [3.05, 3.63) is 0 Å². The number of aliphatic hydroxyl groups excluding tert-OH is 1. The van der Waals surface area contributed by atoms with E-state index in [1.165, 1.54) is 12.8 Å². The van der Waals surface area contributed by atoms with Crippen LogP contribution < -0.4 is 5.32 Å². The predicted molar refractivity (Wildman–Crippen MR) is 72.9 cm³/mol. The van der Waals surface area contributed by atoms with E-state index in [1.807, 2.05) is 20.8 Å². The van der Waals surface area contributed by atoms with Crippen molar-refractivity contribution in [2.24, 2.45) is 5.92 Å². The lowest BCUT2D eigenvalue weighted by atomic mass is 9.92. The van der Waals surface area contributed by atoms with Gasteiger partial charge in [0.25, 0.3) is 0 Å². The lowest BCUT2D eigenvalue weighted by molar-refractivity contribution is 0.00983. The van der Waals surface area contributed by atoms with Crippen LogP contribution in [0.25, 0.3) is 0 Å². The van der Waals surface area contributed by atoms with E-state index < -0.39 is 5.60 Å². The molecule has 1 amide bonds. The molecular weight excluding hydrogens is 244 g/mol. The number of hydrogen-bond donors (Lipinski definition) is 2. The van der Waals surface area contributed by atoms with Gasteiger partial charge in [0.2, 0.25) is 0 Å². The first-order chi connectivity index (χ1) is 8.89. The first kappa shape index (κ1) is 14.6. The molecular formula is C14H26N2O3. The lowest BCUT2D eigenvalue weighted by Gasteiger charge is -2.39. The van der Waals surface area contributed by atoms with Gasteiger partial charge >= 0.3 is 6.09 Å². The molecule has 0 spiro atoms. The largest absolute Gasteiger partial charge is 0.444 e. The van der Waals surface area contributed by atoms with E-state index in [9.17, 15) is 9.90 Å². The highest BCUT2D eigenvalue weighted by molar-refractivity contribution is 5.68. The number of likely N-dealkylation sites (tertiary alicyclic amines) is 1. The van der Waals surface area contributed by atoms with Gasteiger partial charge in [-0.1, -0.05) is 0 Å². The maximum atomic E-state index is 12.1. The normalized spacial score (nSPS) is 28.3. The SMILES string of the molecule is CC(C)(C)OC(=O)N1CCC(CO)C(NC2CC2)C1. The molecule has 0 aromatic rings. The first-order valence-electron chi connectivity index (χ1n) is 7.24. The maximum Gasteiger partial charge on any atom is 0.410 e. The molecule has 2 aliphatic rings. The smallest absolute Gasteiger partial charge is 0.410 e. The van der Waals surface area contributed by atoms with Gasteiger partial charge in [-0.25, -0.2) is 4.79 Å². The van der Waals surface area contributed by atoms with Crippen molar-refractivity contribution < 1.29 is 14.6 Å². The zero-order chi connectivity index (χ0) is 14.0. The summed E-state index contributed by atoms with van der Waals surface area (Å²) < 4.78 is 5.41. The molecule has 2 unspecified atom stereocenters. The van der Waals surface area contributed by atoms with Crippen LogP contribution in [-0.2, 0) is 4.74 Å². The molecule has 2 rings (SSSR count). The summed E-state index contributed by atoms with van der Waals surface area (Å²) in [4.78, 5) is 13.8. The monoisotopic (exact) mass is 270 g/mol. The number of nitrogens with one attached hydrogen (secondary N) is 1. The van der Waals surface area contributed by atoms with Crippen LogP contribution in [0.2, 0.25) is 0 Å². The Hall–Kier alpha value is -0.810. The van der Waals surface area contributed by atoms with Crippen molar-refractivity contribution in [3.8, 4) is 0 Å². The molecule has 0 bridgehead atoms. The minimum absolute atomic E-state index is 0.187. The number of rotatable bonds is 3. The van der Waals surface area contributed by atoms with Crippen LogP contribution in [0.4, 0.5) is 4.79 Å². The summed E-state index contributed by atoms with van der Waals surface area (Å²) in [5, 5.41) is 13.0. The third-order valence-electron chi connectivity index (χ3n) is 3.67. The average molecular weight is 270 g/mol. The van der Waals surface area contributed by atoms with Gasteiger partial charge in [0.1, 0.15) is 5.60 Å². The van der Waals surface area contributed by atoms with Crippen LogP contribution in [-0.4, -0.2) is 53.5 Å². The van der Waals surface area contributed by atoms with Gasteiger partial charge < -0.3 is 20.1 Å². The summed E-state index contributed by atoms with van der Waals surface area (Å²) >= 11 is 0. The Kier molecular flexibility index (Phi) is 4.36. The van der Waals surface area contributed by atoms with Crippen molar-refractivity contribution in [2.75, 3.05) is 19.7 Å². The number of piperidine rings is 1. The van der Waals surface area contributed by atoms with Crippen LogP contribution in [0.1, 0.15) is 40.0 Å². The van der Waals surface area contributed by atoms with Crippen molar-refractivity contribution in [2.45, 2.75) is 57.7 Å². The molecule has 1 saturated carbocycles. The molecule has 2 N–H and O–H groups in total. The molecule has 2 atom stereocenters. The van der Waals surface area contributed by atoms with Crippen molar-refractivity contribution in [3.63, 3.8) is 0 Å². The second kappa shape index (κ2) is 5.67. The fourth-order valence-corrected chi connectivity index (χ4v) is 2.45. The Bertz CT molecular complexity index is 323. The minimum Gasteiger partial charge on any atom is -0.444 e. The Labute approximate surface area is 115 Å². The highest BCUT2D eigenvalue weighted by Crippen LogP contribution is 2.25. The number of nitrogens with zero attached hydrogens (tertiary/aromatic N) is 1. The zero-order valence-corrected chi connectivity index (χ0v) is 12.2. The second-order valence-electron chi connectivity index (χ2n) is 6.71. The Morgan fingerprint density at radius 1 is 1.37 bits per heavy atom. The Balaban J connectivity index is 1.90. The molecule has 1 saturated heterocycles. The molecule has 1 aliphatic heterocycles. The molecule has 110 valence electrons. The molecule has 0 aromatic heterocycles. The maximum absolute atomic E-state index is 12.1. The average Bonchev–Trinajstić information content (AvgIpc) is 3.10. The van der Waals surface area contributed by atoms with Crippen LogP contribution in [0.3, 0.4) is 0 Å². The molecule has 0 aromatic carbocycles. The van der Waals surface area contributed by atoms with Gasteiger partial charge in [0.15, 0.2) is 0 Å². The summed E-state index contributed by atoms with van der Waals surface area (Å²) in [6.07, 6.45) is 3.01. The van der Waals surface area contributed by atoms with E-state index in [-0.39, 0.29) is 24.7 Å². The number of aliphatic hydroxyl groups is 1. The van der Waals surface area contributed by atoms with Crippen LogP contribution in [0, 0.1) is 5.92 Å². The van der Waals surface area contributed by atoms with Gasteiger partial charge in [-0.15, -0.1) is 0 Å².